The first-order chi connectivity index (χ1) is 9.29. The molecule has 7 heteroatoms. The van der Waals surface area contributed by atoms with Gasteiger partial charge in [-0.2, -0.15) is 13.2 Å². The first kappa shape index (κ1) is 16.7. The van der Waals surface area contributed by atoms with Crippen molar-refractivity contribution in [3.05, 3.63) is 29.8 Å². The van der Waals surface area contributed by atoms with Gasteiger partial charge in [0.05, 0.1) is 0 Å². The molecule has 0 heterocycles. The fraction of sp³-hybridized carbons (Fsp3) is 0.538. The van der Waals surface area contributed by atoms with E-state index >= 15 is 0 Å². The SMILES string of the molecule is Cc1cccc(OCC(O)CNCC(O)C(F)(F)F)c1. The van der Waals surface area contributed by atoms with E-state index in [1.807, 2.05) is 13.0 Å². The van der Waals surface area contributed by atoms with Gasteiger partial charge in [-0.25, -0.2) is 0 Å². The van der Waals surface area contributed by atoms with Crippen LogP contribution in [0.25, 0.3) is 0 Å². The van der Waals surface area contributed by atoms with Crippen LogP contribution < -0.4 is 10.1 Å². The summed E-state index contributed by atoms with van der Waals surface area (Å²) in [4.78, 5) is 0. The molecule has 20 heavy (non-hydrogen) atoms. The molecular formula is C13H18F3NO3. The van der Waals surface area contributed by atoms with Crippen LogP contribution in [-0.4, -0.2) is 48.3 Å². The maximum Gasteiger partial charge on any atom is 0.415 e. The number of aliphatic hydroxyl groups excluding tert-OH is 2. The number of hydrogen-bond acceptors (Lipinski definition) is 4. The molecule has 0 fully saturated rings. The Kier molecular flexibility index (Phi) is 6.25. The van der Waals surface area contributed by atoms with E-state index in [-0.39, 0.29) is 13.2 Å². The monoisotopic (exact) mass is 293 g/mol. The summed E-state index contributed by atoms with van der Waals surface area (Å²) in [6, 6.07) is 7.20. The molecule has 114 valence electrons. The zero-order valence-corrected chi connectivity index (χ0v) is 11.0. The van der Waals surface area contributed by atoms with E-state index in [4.69, 9.17) is 9.84 Å². The minimum atomic E-state index is -4.66. The van der Waals surface area contributed by atoms with Gasteiger partial charge in [-0.1, -0.05) is 12.1 Å². The number of ether oxygens (including phenoxy) is 1. The molecule has 0 bridgehead atoms. The lowest BCUT2D eigenvalue weighted by molar-refractivity contribution is -0.202. The average molecular weight is 293 g/mol. The van der Waals surface area contributed by atoms with Crippen molar-refractivity contribution < 1.29 is 28.1 Å². The highest BCUT2D eigenvalue weighted by atomic mass is 19.4. The van der Waals surface area contributed by atoms with E-state index in [0.29, 0.717) is 5.75 Å². The maximum atomic E-state index is 12.0. The summed E-state index contributed by atoms with van der Waals surface area (Å²) in [6.45, 7) is 1.09. The van der Waals surface area contributed by atoms with Gasteiger partial charge in [0.2, 0.25) is 0 Å². The third kappa shape index (κ3) is 6.23. The van der Waals surface area contributed by atoms with Crippen LogP contribution >= 0.6 is 0 Å². The normalized spacial score (nSPS) is 14.9. The zero-order valence-electron chi connectivity index (χ0n) is 11.0. The summed E-state index contributed by atoms with van der Waals surface area (Å²) in [7, 11) is 0. The topological polar surface area (TPSA) is 61.7 Å². The van der Waals surface area contributed by atoms with Gasteiger partial charge in [0.25, 0.3) is 0 Å². The quantitative estimate of drug-likeness (QED) is 0.708. The Morgan fingerprint density at radius 1 is 1.25 bits per heavy atom. The third-order valence-corrected chi connectivity index (χ3v) is 2.53. The van der Waals surface area contributed by atoms with Gasteiger partial charge in [-0.15, -0.1) is 0 Å². The molecule has 4 nitrogen and oxygen atoms in total. The largest absolute Gasteiger partial charge is 0.491 e. The molecule has 0 radical (unpaired) electrons. The lowest BCUT2D eigenvalue weighted by Gasteiger charge is -2.17. The van der Waals surface area contributed by atoms with Crippen molar-refractivity contribution in [2.45, 2.75) is 25.3 Å². The van der Waals surface area contributed by atoms with Gasteiger partial charge < -0.3 is 20.3 Å². The Balaban J connectivity index is 2.22. The second kappa shape index (κ2) is 7.47. The van der Waals surface area contributed by atoms with Crippen molar-refractivity contribution >= 4 is 0 Å². The zero-order chi connectivity index (χ0) is 15.2. The molecule has 3 N–H and O–H groups in total. The minimum Gasteiger partial charge on any atom is -0.491 e. The highest BCUT2D eigenvalue weighted by molar-refractivity contribution is 5.27. The van der Waals surface area contributed by atoms with E-state index in [1.54, 1.807) is 18.2 Å². The number of aliphatic hydroxyl groups is 2. The standard InChI is InChI=1S/C13H18F3NO3/c1-9-3-2-4-11(5-9)20-8-10(18)6-17-7-12(19)13(14,15)16/h2-5,10,12,17-19H,6-8H2,1H3. The lowest BCUT2D eigenvalue weighted by atomic mass is 10.2. The van der Waals surface area contributed by atoms with Crippen molar-refractivity contribution in [3.63, 3.8) is 0 Å². The highest BCUT2D eigenvalue weighted by Crippen LogP contribution is 2.19. The van der Waals surface area contributed by atoms with Crippen LogP contribution in [-0.2, 0) is 0 Å². The molecule has 0 aliphatic rings. The number of aryl methyl sites for hydroxylation is 1. The fourth-order valence-electron chi connectivity index (χ4n) is 1.46. The molecule has 0 spiro atoms. The number of rotatable bonds is 7. The average Bonchev–Trinajstić information content (AvgIpc) is 2.35. The van der Waals surface area contributed by atoms with Crippen LogP contribution in [0.5, 0.6) is 5.75 Å². The first-order valence-electron chi connectivity index (χ1n) is 6.12. The van der Waals surface area contributed by atoms with Gasteiger partial charge in [0, 0.05) is 13.1 Å². The number of nitrogens with one attached hydrogen (secondary N) is 1. The molecule has 0 amide bonds. The van der Waals surface area contributed by atoms with E-state index in [9.17, 15) is 18.3 Å². The summed E-state index contributed by atoms with van der Waals surface area (Å²) in [5.41, 5.74) is 1.00. The third-order valence-electron chi connectivity index (χ3n) is 2.53. The first-order valence-corrected chi connectivity index (χ1v) is 6.12. The summed E-state index contributed by atoms with van der Waals surface area (Å²) in [6.07, 6.45) is -8.06. The Morgan fingerprint density at radius 3 is 2.55 bits per heavy atom. The predicted molar refractivity (Wildman–Crippen MR) is 67.6 cm³/mol. The molecule has 1 aromatic carbocycles. The van der Waals surface area contributed by atoms with Crippen molar-refractivity contribution in [1.82, 2.24) is 5.32 Å². The summed E-state index contributed by atoms with van der Waals surface area (Å²) in [5.74, 6) is 0.583. The molecule has 0 aliphatic carbocycles. The molecule has 1 rings (SSSR count). The molecule has 2 atom stereocenters. The van der Waals surface area contributed by atoms with Gasteiger partial charge in [0.15, 0.2) is 6.10 Å². The Hall–Kier alpha value is -1.31. The molecule has 2 unspecified atom stereocenters. The number of benzene rings is 1. The second-order valence-electron chi connectivity index (χ2n) is 4.50. The van der Waals surface area contributed by atoms with Crippen molar-refractivity contribution in [3.8, 4) is 5.75 Å². The summed E-state index contributed by atoms with van der Waals surface area (Å²) >= 11 is 0. The van der Waals surface area contributed by atoms with Crippen LogP contribution in [0.3, 0.4) is 0 Å². The lowest BCUT2D eigenvalue weighted by Crippen LogP contribution is -2.41. The predicted octanol–water partition coefficient (Wildman–Crippen LogP) is 1.25. The summed E-state index contributed by atoms with van der Waals surface area (Å²) < 4.78 is 41.3. The van der Waals surface area contributed by atoms with E-state index in [0.717, 1.165) is 5.56 Å². The molecule has 1 aromatic rings. The smallest absolute Gasteiger partial charge is 0.415 e. The summed E-state index contributed by atoms with van der Waals surface area (Å²) in [5, 5.41) is 20.6. The minimum absolute atomic E-state index is 0.0431. The maximum absolute atomic E-state index is 12.0. The van der Waals surface area contributed by atoms with Crippen LogP contribution in [0.4, 0.5) is 13.2 Å². The van der Waals surface area contributed by atoms with Gasteiger partial charge in [0.1, 0.15) is 18.5 Å². The van der Waals surface area contributed by atoms with Crippen LogP contribution in [0.15, 0.2) is 24.3 Å². The van der Waals surface area contributed by atoms with Crippen LogP contribution in [0.1, 0.15) is 5.56 Å². The van der Waals surface area contributed by atoms with Crippen molar-refractivity contribution in [1.29, 1.82) is 0 Å². The van der Waals surface area contributed by atoms with Crippen LogP contribution in [0.2, 0.25) is 0 Å². The Morgan fingerprint density at radius 2 is 1.95 bits per heavy atom. The number of halogens is 3. The second-order valence-corrected chi connectivity index (χ2v) is 4.50. The highest BCUT2D eigenvalue weighted by Gasteiger charge is 2.37. The van der Waals surface area contributed by atoms with Gasteiger partial charge >= 0.3 is 6.18 Å². The van der Waals surface area contributed by atoms with E-state index in [1.165, 1.54) is 0 Å². The fourth-order valence-corrected chi connectivity index (χ4v) is 1.46. The molecule has 0 saturated carbocycles. The number of hydrogen-bond donors (Lipinski definition) is 3. The Labute approximate surface area is 115 Å². The molecular weight excluding hydrogens is 275 g/mol. The van der Waals surface area contributed by atoms with Crippen LogP contribution in [0, 0.1) is 6.92 Å². The molecule has 0 aromatic heterocycles. The van der Waals surface area contributed by atoms with Gasteiger partial charge in [-0.3, -0.25) is 0 Å². The van der Waals surface area contributed by atoms with E-state index in [2.05, 4.69) is 5.32 Å². The number of alkyl halides is 3. The molecule has 0 saturated heterocycles. The molecule has 0 aliphatic heterocycles. The van der Waals surface area contributed by atoms with Crippen molar-refractivity contribution in [2.24, 2.45) is 0 Å². The Bertz CT molecular complexity index is 412. The van der Waals surface area contributed by atoms with E-state index < -0.39 is 24.9 Å². The van der Waals surface area contributed by atoms with Crippen molar-refractivity contribution in [2.75, 3.05) is 19.7 Å². The van der Waals surface area contributed by atoms with Gasteiger partial charge in [-0.05, 0) is 24.6 Å².